The lowest BCUT2D eigenvalue weighted by molar-refractivity contribution is -0.130. The van der Waals surface area contributed by atoms with E-state index in [1.54, 1.807) is 23.1 Å². The fraction of sp³-hybridized carbons (Fsp3) is 0.188. The lowest BCUT2D eigenvalue weighted by Gasteiger charge is -2.20. The summed E-state index contributed by atoms with van der Waals surface area (Å²) in [4.78, 5) is 15.0. The third kappa shape index (κ3) is 4.69. The zero-order chi connectivity index (χ0) is 15.2. The Morgan fingerprint density at radius 3 is 2.81 bits per heavy atom. The Morgan fingerprint density at radius 1 is 1.38 bits per heavy atom. The van der Waals surface area contributed by atoms with E-state index in [1.807, 2.05) is 12.1 Å². The van der Waals surface area contributed by atoms with Crippen molar-refractivity contribution in [2.24, 2.45) is 0 Å². The van der Waals surface area contributed by atoms with Crippen LogP contribution >= 0.6 is 22.9 Å². The van der Waals surface area contributed by atoms with Crippen molar-refractivity contribution in [1.29, 1.82) is 0 Å². The van der Waals surface area contributed by atoms with Gasteiger partial charge in [0, 0.05) is 11.4 Å². The van der Waals surface area contributed by atoms with Crippen molar-refractivity contribution in [3.63, 3.8) is 0 Å². The third-order valence-electron chi connectivity index (χ3n) is 2.92. The van der Waals surface area contributed by atoms with Crippen LogP contribution in [-0.2, 0) is 17.8 Å². The van der Waals surface area contributed by atoms with Gasteiger partial charge in [-0.1, -0.05) is 29.8 Å². The molecule has 0 bridgehead atoms. The van der Waals surface area contributed by atoms with Crippen LogP contribution in [0.25, 0.3) is 0 Å². The van der Waals surface area contributed by atoms with Gasteiger partial charge in [0.2, 0.25) is 5.91 Å². The van der Waals surface area contributed by atoms with E-state index in [-0.39, 0.29) is 18.1 Å². The van der Waals surface area contributed by atoms with Crippen LogP contribution in [0.1, 0.15) is 10.4 Å². The highest BCUT2D eigenvalue weighted by atomic mass is 35.5. The maximum absolute atomic E-state index is 13.2. The van der Waals surface area contributed by atoms with Gasteiger partial charge < -0.3 is 4.90 Å². The van der Waals surface area contributed by atoms with Crippen LogP contribution in [0.5, 0.6) is 0 Å². The van der Waals surface area contributed by atoms with Crippen LogP contribution in [0.2, 0.25) is 4.34 Å². The number of benzene rings is 1. The number of halogens is 2. The van der Waals surface area contributed by atoms with Crippen molar-refractivity contribution in [1.82, 2.24) is 4.90 Å². The molecule has 0 atom stereocenters. The van der Waals surface area contributed by atoms with E-state index < -0.39 is 0 Å². The second kappa shape index (κ2) is 7.38. The van der Waals surface area contributed by atoms with Crippen LogP contribution in [0.15, 0.2) is 49.1 Å². The summed E-state index contributed by atoms with van der Waals surface area (Å²) in [5, 5.41) is 0. The average molecular weight is 324 g/mol. The first-order valence-corrected chi connectivity index (χ1v) is 7.65. The van der Waals surface area contributed by atoms with Crippen molar-refractivity contribution in [2.45, 2.75) is 13.0 Å². The summed E-state index contributed by atoms with van der Waals surface area (Å²) in [5.41, 5.74) is 0.665. The van der Waals surface area contributed by atoms with Crippen LogP contribution in [0.3, 0.4) is 0 Å². The SMILES string of the molecule is C=CCN(Cc1ccc(Cl)s1)C(=O)Cc1cccc(F)c1. The number of nitrogens with zero attached hydrogens (tertiary/aromatic N) is 1. The van der Waals surface area contributed by atoms with Crippen molar-refractivity contribution in [2.75, 3.05) is 6.54 Å². The topological polar surface area (TPSA) is 20.3 Å². The van der Waals surface area contributed by atoms with Gasteiger partial charge in [0.05, 0.1) is 17.3 Å². The van der Waals surface area contributed by atoms with E-state index in [9.17, 15) is 9.18 Å². The predicted octanol–water partition coefficient (Wildman–Crippen LogP) is 4.30. The number of hydrogen-bond acceptors (Lipinski definition) is 2. The first-order valence-electron chi connectivity index (χ1n) is 6.46. The first kappa shape index (κ1) is 15.7. The van der Waals surface area contributed by atoms with E-state index in [1.165, 1.54) is 23.5 Å². The summed E-state index contributed by atoms with van der Waals surface area (Å²) in [7, 11) is 0. The largest absolute Gasteiger partial charge is 0.334 e. The van der Waals surface area contributed by atoms with Crippen molar-refractivity contribution < 1.29 is 9.18 Å². The third-order valence-corrected chi connectivity index (χ3v) is 4.14. The normalized spacial score (nSPS) is 10.4. The summed E-state index contributed by atoms with van der Waals surface area (Å²) >= 11 is 7.35. The summed E-state index contributed by atoms with van der Waals surface area (Å²) in [6, 6.07) is 9.81. The first-order chi connectivity index (χ1) is 10.1. The maximum Gasteiger partial charge on any atom is 0.227 e. The van der Waals surface area contributed by atoms with Crippen LogP contribution in [0.4, 0.5) is 4.39 Å². The van der Waals surface area contributed by atoms with E-state index in [0.29, 0.717) is 23.0 Å². The highest BCUT2D eigenvalue weighted by Crippen LogP contribution is 2.23. The van der Waals surface area contributed by atoms with Crippen molar-refractivity contribution in [3.05, 3.63) is 69.6 Å². The molecule has 0 saturated carbocycles. The standard InChI is InChI=1S/C16H15ClFNOS/c1-2-8-19(11-14-6-7-15(17)21-14)16(20)10-12-4-3-5-13(18)9-12/h2-7,9H,1,8,10-11H2. The Labute approximate surface area is 132 Å². The van der Waals surface area contributed by atoms with Crippen LogP contribution in [0, 0.1) is 5.82 Å². The minimum atomic E-state index is -0.333. The number of hydrogen-bond donors (Lipinski definition) is 0. The lowest BCUT2D eigenvalue weighted by Crippen LogP contribution is -2.31. The molecule has 110 valence electrons. The summed E-state index contributed by atoms with van der Waals surface area (Å²) in [6.07, 6.45) is 1.85. The molecule has 1 aromatic carbocycles. The van der Waals surface area contributed by atoms with Gasteiger partial charge in [-0.05, 0) is 29.8 Å². The molecule has 2 rings (SSSR count). The van der Waals surface area contributed by atoms with Gasteiger partial charge >= 0.3 is 0 Å². The molecule has 0 aliphatic heterocycles. The quantitative estimate of drug-likeness (QED) is 0.726. The number of carbonyl (C=O) groups is 1. The Kier molecular flexibility index (Phi) is 5.53. The average Bonchev–Trinajstić information content (AvgIpc) is 2.84. The zero-order valence-corrected chi connectivity index (χ0v) is 13.0. The zero-order valence-electron chi connectivity index (χ0n) is 11.4. The lowest BCUT2D eigenvalue weighted by atomic mass is 10.1. The van der Waals surface area contributed by atoms with Gasteiger partial charge in [0.15, 0.2) is 0 Å². The van der Waals surface area contributed by atoms with E-state index in [2.05, 4.69) is 6.58 Å². The smallest absolute Gasteiger partial charge is 0.227 e. The minimum absolute atomic E-state index is 0.0648. The number of rotatable bonds is 6. The highest BCUT2D eigenvalue weighted by molar-refractivity contribution is 7.16. The molecule has 1 heterocycles. The Balaban J connectivity index is 2.06. The molecular weight excluding hydrogens is 309 g/mol. The molecule has 0 spiro atoms. The summed E-state index contributed by atoms with van der Waals surface area (Å²) < 4.78 is 13.9. The second-order valence-electron chi connectivity index (χ2n) is 4.58. The summed E-state index contributed by atoms with van der Waals surface area (Å²) in [5.74, 6) is -0.398. The van der Waals surface area contributed by atoms with Gasteiger partial charge in [-0.25, -0.2) is 4.39 Å². The number of carbonyl (C=O) groups excluding carboxylic acids is 1. The Bertz CT molecular complexity index is 641. The summed E-state index contributed by atoms with van der Waals surface area (Å²) in [6.45, 7) is 4.61. The fourth-order valence-electron chi connectivity index (χ4n) is 1.97. The molecule has 2 aromatic rings. The van der Waals surface area contributed by atoms with Crippen LogP contribution in [-0.4, -0.2) is 17.4 Å². The molecule has 2 nitrogen and oxygen atoms in total. The molecule has 1 amide bonds. The van der Waals surface area contributed by atoms with Crippen LogP contribution < -0.4 is 0 Å². The molecule has 0 fully saturated rings. The van der Waals surface area contributed by atoms with E-state index in [4.69, 9.17) is 11.6 Å². The van der Waals surface area contributed by atoms with E-state index >= 15 is 0 Å². The number of amides is 1. The Morgan fingerprint density at radius 2 is 2.19 bits per heavy atom. The molecule has 0 aliphatic carbocycles. The van der Waals surface area contributed by atoms with Gasteiger partial charge in [0.1, 0.15) is 5.82 Å². The molecule has 0 unspecified atom stereocenters. The van der Waals surface area contributed by atoms with Crippen molar-refractivity contribution in [3.8, 4) is 0 Å². The van der Waals surface area contributed by atoms with Gasteiger partial charge in [-0.2, -0.15) is 0 Å². The van der Waals surface area contributed by atoms with Gasteiger partial charge in [0.25, 0.3) is 0 Å². The number of thiophene rings is 1. The maximum atomic E-state index is 13.2. The molecule has 21 heavy (non-hydrogen) atoms. The van der Waals surface area contributed by atoms with E-state index in [0.717, 1.165) is 4.88 Å². The van der Waals surface area contributed by atoms with Gasteiger partial charge in [-0.15, -0.1) is 17.9 Å². The molecule has 0 radical (unpaired) electrons. The van der Waals surface area contributed by atoms with Crippen molar-refractivity contribution >= 4 is 28.8 Å². The molecule has 0 saturated heterocycles. The Hall–Kier alpha value is -1.65. The predicted molar refractivity (Wildman–Crippen MR) is 85.0 cm³/mol. The monoisotopic (exact) mass is 323 g/mol. The molecule has 1 aromatic heterocycles. The molecule has 0 N–H and O–H groups in total. The minimum Gasteiger partial charge on any atom is -0.334 e. The fourth-order valence-corrected chi connectivity index (χ4v) is 3.07. The second-order valence-corrected chi connectivity index (χ2v) is 6.38. The molecular formula is C16H15ClFNOS. The highest BCUT2D eigenvalue weighted by Gasteiger charge is 2.14. The molecule has 0 aliphatic rings. The van der Waals surface area contributed by atoms with Gasteiger partial charge in [-0.3, -0.25) is 4.79 Å². The molecule has 5 heteroatoms.